The molecule has 1 amide bonds. The van der Waals surface area contributed by atoms with E-state index in [1.54, 1.807) is 20.8 Å². The van der Waals surface area contributed by atoms with Gasteiger partial charge < -0.3 is 14.8 Å². The van der Waals surface area contributed by atoms with E-state index in [-0.39, 0.29) is 11.8 Å². The molecule has 0 bridgehead atoms. The Morgan fingerprint density at radius 1 is 1.19 bits per heavy atom. The Balaban J connectivity index is 2.16. The molecule has 5 nitrogen and oxygen atoms in total. The fraction of sp³-hybridized carbons (Fsp3) is 0.375. The second-order valence-corrected chi connectivity index (χ2v) is 5.48. The number of hydrogen-bond acceptors (Lipinski definition) is 3. The second-order valence-electron chi connectivity index (χ2n) is 5.48. The van der Waals surface area contributed by atoms with Gasteiger partial charge in [-0.2, -0.15) is 0 Å². The van der Waals surface area contributed by atoms with Crippen LogP contribution in [0.25, 0.3) is 11.0 Å². The van der Waals surface area contributed by atoms with E-state index >= 15 is 0 Å². The monoisotopic (exact) mass is 289 g/mol. The van der Waals surface area contributed by atoms with Gasteiger partial charge >= 0.3 is 5.97 Å². The molecule has 0 saturated carbocycles. The molecule has 0 aliphatic rings. The molecule has 0 saturated heterocycles. The van der Waals surface area contributed by atoms with Gasteiger partial charge in [-0.15, -0.1) is 0 Å². The number of carbonyl (C=O) groups is 2. The molecule has 2 atom stereocenters. The fourth-order valence-electron chi connectivity index (χ4n) is 2.14. The number of carboxylic acids is 1. The quantitative estimate of drug-likeness (QED) is 0.887. The first kappa shape index (κ1) is 15.1. The van der Waals surface area contributed by atoms with E-state index in [1.807, 2.05) is 30.3 Å². The number of amides is 1. The maximum absolute atomic E-state index is 12.2. The Kier molecular flexibility index (Phi) is 4.31. The van der Waals surface area contributed by atoms with Gasteiger partial charge in [-0.1, -0.05) is 32.0 Å². The maximum Gasteiger partial charge on any atom is 0.326 e. The van der Waals surface area contributed by atoms with Gasteiger partial charge in [0.2, 0.25) is 5.91 Å². The summed E-state index contributed by atoms with van der Waals surface area (Å²) in [6, 6.07) is 8.40. The van der Waals surface area contributed by atoms with Crippen molar-refractivity contribution in [3.05, 3.63) is 36.1 Å². The number of hydrogen-bond donors (Lipinski definition) is 2. The number of carbonyl (C=O) groups excluding carboxylic acids is 1. The summed E-state index contributed by atoms with van der Waals surface area (Å²) in [5.74, 6) is -1.58. The summed E-state index contributed by atoms with van der Waals surface area (Å²) in [6.07, 6.45) is 0. The number of fused-ring (bicyclic) bond motifs is 1. The molecule has 21 heavy (non-hydrogen) atoms. The van der Waals surface area contributed by atoms with Crippen molar-refractivity contribution in [2.45, 2.75) is 32.7 Å². The molecule has 5 heteroatoms. The lowest BCUT2D eigenvalue weighted by molar-refractivity contribution is -0.143. The number of para-hydroxylation sites is 1. The van der Waals surface area contributed by atoms with Crippen LogP contribution >= 0.6 is 0 Å². The van der Waals surface area contributed by atoms with Crippen LogP contribution in [0.15, 0.2) is 34.7 Å². The topological polar surface area (TPSA) is 79.5 Å². The van der Waals surface area contributed by atoms with E-state index in [2.05, 4.69) is 5.32 Å². The van der Waals surface area contributed by atoms with Crippen LogP contribution in [-0.2, 0) is 9.59 Å². The van der Waals surface area contributed by atoms with E-state index in [0.29, 0.717) is 11.3 Å². The van der Waals surface area contributed by atoms with Crippen LogP contribution in [0, 0.1) is 5.92 Å². The highest BCUT2D eigenvalue weighted by Crippen LogP contribution is 2.25. The molecular formula is C16H19NO4. The Labute approximate surface area is 122 Å². The molecule has 112 valence electrons. The van der Waals surface area contributed by atoms with Crippen molar-refractivity contribution < 1.29 is 19.1 Å². The molecule has 1 aromatic carbocycles. The molecular weight excluding hydrogens is 270 g/mol. The van der Waals surface area contributed by atoms with E-state index < -0.39 is 17.9 Å². The third kappa shape index (κ3) is 3.24. The van der Waals surface area contributed by atoms with Crippen molar-refractivity contribution in [2.24, 2.45) is 5.92 Å². The normalized spacial score (nSPS) is 14.1. The summed E-state index contributed by atoms with van der Waals surface area (Å²) < 4.78 is 5.65. The van der Waals surface area contributed by atoms with Crippen LogP contribution in [-0.4, -0.2) is 23.0 Å². The Bertz CT molecular complexity index is 626. The molecule has 2 aromatic rings. The highest BCUT2D eigenvalue weighted by molar-refractivity contribution is 5.88. The molecule has 0 spiro atoms. The van der Waals surface area contributed by atoms with Gasteiger partial charge in [0.1, 0.15) is 17.4 Å². The molecule has 0 aliphatic heterocycles. The van der Waals surface area contributed by atoms with Crippen LogP contribution in [0.2, 0.25) is 0 Å². The van der Waals surface area contributed by atoms with Gasteiger partial charge in [0, 0.05) is 5.39 Å². The average Bonchev–Trinajstić information content (AvgIpc) is 2.86. The first-order chi connectivity index (χ1) is 9.90. The van der Waals surface area contributed by atoms with E-state index in [0.717, 1.165) is 5.39 Å². The van der Waals surface area contributed by atoms with Crippen molar-refractivity contribution >= 4 is 22.8 Å². The lowest BCUT2D eigenvalue weighted by Gasteiger charge is -2.19. The highest BCUT2D eigenvalue weighted by Gasteiger charge is 2.27. The fourth-order valence-corrected chi connectivity index (χ4v) is 2.14. The Morgan fingerprint density at radius 3 is 2.43 bits per heavy atom. The van der Waals surface area contributed by atoms with E-state index in [9.17, 15) is 9.59 Å². The summed E-state index contributed by atoms with van der Waals surface area (Å²) in [6.45, 7) is 5.21. The number of benzene rings is 1. The predicted octanol–water partition coefficient (Wildman–Crippen LogP) is 2.76. The zero-order valence-electron chi connectivity index (χ0n) is 12.3. The van der Waals surface area contributed by atoms with Gasteiger partial charge in [-0.3, -0.25) is 4.79 Å². The van der Waals surface area contributed by atoms with Gasteiger partial charge in [0.25, 0.3) is 0 Å². The molecule has 2 N–H and O–H groups in total. The lowest BCUT2D eigenvalue weighted by Crippen LogP contribution is -2.45. The minimum atomic E-state index is -1.03. The van der Waals surface area contributed by atoms with Crippen LogP contribution in [0.3, 0.4) is 0 Å². The third-order valence-corrected chi connectivity index (χ3v) is 3.50. The lowest BCUT2D eigenvalue weighted by atomic mass is 10.0. The van der Waals surface area contributed by atoms with E-state index in [4.69, 9.17) is 9.52 Å². The largest absolute Gasteiger partial charge is 0.480 e. The van der Waals surface area contributed by atoms with Gasteiger partial charge in [0.05, 0.1) is 5.92 Å². The molecule has 1 heterocycles. The van der Waals surface area contributed by atoms with Crippen molar-refractivity contribution in [1.82, 2.24) is 5.32 Å². The summed E-state index contributed by atoms with van der Waals surface area (Å²) in [5.41, 5.74) is 0.714. The molecule has 1 unspecified atom stereocenters. The number of nitrogens with one attached hydrogen (secondary N) is 1. The number of aliphatic carboxylic acids is 1. The zero-order valence-corrected chi connectivity index (χ0v) is 12.3. The Hall–Kier alpha value is -2.30. The standard InChI is InChI=1S/C16H19NO4/c1-9(2)14(16(19)20)17-15(18)10(3)13-8-11-6-4-5-7-12(11)21-13/h4-10,14H,1-3H3,(H,17,18)(H,19,20)/t10?,14-/m0/s1. The number of furan rings is 1. The molecule has 0 radical (unpaired) electrons. The minimum absolute atomic E-state index is 0.186. The van der Waals surface area contributed by atoms with E-state index in [1.165, 1.54) is 0 Å². The number of carboxylic acid groups (broad SMARTS) is 1. The molecule has 1 aromatic heterocycles. The zero-order chi connectivity index (χ0) is 15.6. The summed E-state index contributed by atoms with van der Waals surface area (Å²) >= 11 is 0. The second kappa shape index (κ2) is 5.99. The molecule has 0 aliphatic carbocycles. The predicted molar refractivity (Wildman–Crippen MR) is 79.0 cm³/mol. The summed E-state index contributed by atoms with van der Waals surface area (Å²) in [4.78, 5) is 23.3. The van der Waals surface area contributed by atoms with Crippen LogP contribution in [0.4, 0.5) is 0 Å². The molecule has 2 rings (SSSR count). The van der Waals surface area contributed by atoms with Gasteiger partial charge in [-0.05, 0) is 25.0 Å². The first-order valence-corrected chi connectivity index (χ1v) is 6.91. The first-order valence-electron chi connectivity index (χ1n) is 6.91. The van der Waals surface area contributed by atoms with Crippen LogP contribution in [0.5, 0.6) is 0 Å². The Morgan fingerprint density at radius 2 is 1.86 bits per heavy atom. The minimum Gasteiger partial charge on any atom is -0.480 e. The smallest absolute Gasteiger partial charge is 0.326 e. The third-order valence-electron chi connectivity index (χ3n) is 3.50. The summed E-state index contributed by atoms with van der Waals surface area (Å²) in [5, 5.41) is 12.6. The van der Waals surface area contributed by atoms with Crippen LogP contribution in [0.1, 0.15) is 32.4 Å². The average molecular weight is 289 g/mol. The summed E-state index contributed by atoms with van der Waals surface area (Å²) in [7, 11) is 0. The SMILES string of the molecule is CC(C(=O)N[C@H](C(=O)O)C(C)C)c1cc2ccccc2o1. The van der Waals surface area contributed by atoms with Crippen molar-refractivity contribution in [1.29, 1.82) is 0 Å². The van der Waals surface area contributed by atoms with Crippen molar-refractivity contribution in [3.63, 3.8) is 0 Å². The van der Waals surface area contributed by atoms with Crippen LogP contribution < -0.4 is 5.32 Å². The highest BCUT2D eigenvalue weighted by atomic mass is 16.4. The maximum atomic E-state index is 12.2. The van der Waals surface area contributed by atoms with Crippen molar-refractivity contribution in [3.8, 4) is 0 Å². The number of rotatable bonds is 5. The van der Waals surface area contributed by atoms with Gasteiger partial charge in [-0.25, -0.2) is 4.79 Å². The van der Waals surface area contributed by atoms with Crippen molar-refractivity contribution in [2.75, 3.05) is 0 Å². The van der Waals surface area contributed by atoms with Gasteiger partial charge in [0.15, 0.2) is 0 Å². The molecule has 0 fully saturated rings.